The van der Waals surface area contributed by atoms with Crippen LogP contribution in [0.2, 0.25) is 0 Å². The molecule has 0 radical (unpaired) electrons. The summed E-state index contributed by atoms with van der Waals surface area (Å²) >= 11 is 0. The molecule has 7 heteroatoms. The summed E-state index contributed by atoms with van der Waals surface area (Å²) in [4.78, 5) is 4.15. The number of imidazole rings is 1. The molecule has 0 aliphatic carbocycles. The van der Waals surface area contributed by atoms with Crippen molar-refractivity contribution in [2.75, 3.05) is 38.0 Å². The minimum atomic E-state index is 0. The molecule has 0 N–H and O–H groups in total. The van der Waals surface area contributed by atoms with Gasteiger partial charge in [0.1, 0.15) is 0 Å². The van der Waals surface area contributed by atoms with Crippen molar-refractivity contribution >= 4 is 23.8 Å². The number of benzene rings is 2. The Balaban J connectivity index is 0.00000300. The van der Waals surface area contributed by atoms with Gasteiger partial charge in [0.25, 0.3) is 6.33 Å². The molecular formula is C22H27ClN6. The van der Waals surface area contributed by atoms with Crippen LogP contribution in [0.1, 0.15) is 16.8 Å². The van der Waals surface area contributed by atoms with E-state index in [1.165, 1.54) is 11.4 Å². The van der Waals surface area contributed by atoms with Crippen LogP contribution in [0.3, 0.4) is 0 Å². The van der Waals surface area contributed by atoms with Crippen LogP contribution in [0.4, 0.5) is 11.4 Å². The minimum absolute atomic E-state index is 0. The van der Waals surface area contributed by atoms with Crippen LogP contribution in [0.5, 0.6) is 0 Å². The van der Waals surface area contributed by atoms with Crippen LogP contribution in [-0.2, 0) is 0 Å². The van der Waals surface area contributed by atoms with E-state index in [-0.39, 0.29) is 12.4 Å². The van der Waals surface area contributed by atoms with Crippen LogP contribution in [-0.4, -0.2) is 45.3 Å². The Bertz CT molecular complexity index is 970. The Kier molecular flexibility index (Phi) is 7.56. The lowest BCUT2D eigenvalue weighted by atomic mass is 10.2. The van der Waals surface area contributed by atoms with Crippen molar-refractivity contribution in [2.45, 2.75) is 6.92 Å². The first-order valence-electron chi connectivity index (χ1n) is 9.16. The quantitative estimate of drug-likeness (QED) is 0.423. The Morgan fingerprint density at radius 2 is 1.28 bits per heavy atom. The van der Waals surface area contributed by atoms with Crippen molar-refractivity contribution in [2.24, 2.45) is 10.2 Å². The van der Waals surface area contributed by atoms with Crippen LogP contribution in [0.25, 0.3) is 0 Å². The Hall–Kier alpha value is -3.12. The average Bonchev–Trinajstić information content (AvgIpc) is 3.05. The molecule has 0 saturated heterocycles. The lowest BCUT2D eigenvalue weighted by Gasteiger charge is -2.11. The molecule has 6 nitrogen and oxygen atoms in total. The summed E-state index contributed by atoms with van der Waals surface area (Å²) in [7, 11) is 8.12. The summed E-state index contributed by atoms with van der Waals surface area (Å²) in [6.07, 6.45) is 7.48. The maximum absolute atomic E-state index is 4.54. The van der Waals surface area contributed by atoms with E-state index in [1.54, 1.807) is 4.68 Å². The fraction of sp³-hybridized carbons (Fsp3) is 0.227. The minimum Gasteiger partial charge on any atom is -1.00 e. The second kappa shape index (κ2) is 9.89. The van der Waals surface area contributed by atoms with Gasteiger partial charge in [-0.2, -0.15) is 0 Å². The number of halogens is 1. The first kappa shape index (κ1) is 22.2. The largest absolute Gasteiger partial charge is 1.00 e. The molecule has 0 unspecified atom stereocenters. The smallest absolute Gasteiger partial charge is 0.295 e. The number of anilines is 2. The molecular weight excluding hydrogens is 384 g/mol. The van der Waals surface area contributed by atoms with E-state index in [0.29, 0.717) is 0 Å². The van der Waals surface area contributed by atoms with Gasteiger partial charge in [0.2, 0.25) is 0 Å². The molecule has 3 aromatic rings. The van der Waals surface area contributed by atoms with Gasteiger partial charge in [0.15, 0.2) is 11.9 Å². The second-order valence-corrected chi connectivity index (χ2v) is 7.07. The summed E-state index contributed by atoms with van der Waals surface area (Å²) in [5.41, 5.74) is 5.43. The Labute approximate surface area is 178 Å². The van der Waals surface area contributed by atoms with Gasteiger partial charge >= 0.3 is 0 Å². The number of hydrogen-bond acceptors (Lipinski definition) is 4. The van der Waals surface area contributed by atoms with E-state index in [1.807, 2.05) is 64.7 Å². The fourth-order valence-electron chi connectivity index (χ4n) is 2.65. The maximum atomic E-state index is 4.54. The van der Waals surface area contributed by atoms with Crippen LogP contribution >= 0.6 is 0 Å². The van der Waals surface area contributed by atoms with E-state index in [4.69, 9.17) is 0 Å². The molecule has 3 rings (SSSR count). The van der Waals surface area contributed by atoms with Gasteiger partial charge in [-0.15, -0.1) is 9.35 Å². The van der Waals surface area contributed by atoms with Crippen LogP contribution in [0.15, 0.2) is 71.3 Å². The summed E-state index contributed by atoms with van der Waals surface area (Å²) < 4.78 is 3.58. The summed E-state index contributed by atoms with van der Waals surface area (Å²) in [6, 6.07) is 16.5. The first-order chi connectivity index (χ1) is 13.4. The molecule has 0 spiro atoms. The van der Waals surface area contributed by atoms with E-state index in [9.17, 15) is 0 Å². The summed E-state index contributed by atoms with van der Waals surface area (Å²) in [5, 5.41) is 9.03. The van der Waals surface area contributed by atoms with Gasteiger partial charge in [0.05, 0.1) is 12.4 Å². The molecule has 0 fully saturated rings. The number of nitrogens with zero attached hydrogens (tertiary/aromatic N) is 6. The van der Waals surface area contributed by atoms with E-state index < -0.39 is 0 Å². The lowest BCUT2D eigenvalue weighted by molar-refractivity contribution is -0.677. The van der Waals surface area contributed by atoms with Gasteiger partial charge < -0.3 is 22.2 Å². The van der Waals surface area contributed by atoms with Crippen molar-refractivity contribution in [1.82, 2.24) is 4.68 Å². The second-order valence-electron chi connectivity index (χ2n) is 7.07. The normalized spacial score (nSPS) is 11.1. The highest BCUT2D eigenvalue weighted by atomic mass is 35.5. The average molecular weight is 411 g/mol. The van der Waals surface area contributed by atoms with Gasteiger partial charge in [-0.05, 0) is 35.4 Å². The van der Waals surface area contributed by atoms with E-state index in [2.05, 4.69) is 68.5 Å². The molecule has 1 aromatic heterocycles. The molecule has 152 valence electrons. The maximum Gasteiger partial charge on any atom is 0.295 e. The number of aromatic nitrogens is 2. The highest BCUT2D eigenvalue weighted by Gasteiger charge is 2.07. The molecule has 0 aliphatic rings. The third-order valence-electron chi connectivity index (χ3n) is 4.40. The van der Waals surface area contributed by atoms with Crippen molar-refractivity contribution < 1.29 is 17.1 Å². The van der Waals surface area contributed by atoms with E-state index >= 15 is 0 Å². The molecule has 2 aromatic carbocycles. The Morgan fingerprint density at radius 3 is 1.76 bits per heavy atom. The summed E-state index contributed by atoms with van der Waals surface area (Å²) in [6.45, 7) is 2.00. The zero-order valence-electron chi connectivity index (χ0n) is 17.5. The monoisotopic (exact) mass is 410 g/mol. The number of rotatable bonds is 6. The highest BCUT2D eigenvalue weighted by molar-refractivity contribution is 5.80. The fourth-order valence-corrected chi connectivity index (χ4v) is 2.65. The highest BCUT2D eigenvalue weighted by Crippen LogP contribution is 2.12. The van der Waals surface area contributed by atoms with Gasteiger partial charge in [-0.3, -0.25) is 0 Å². The predicted octanol–water partition coefficient (Wildman–Crippen LogP) is -0.0156. The van der Waals surface area contributed by atoms with Gasteiger partial charge in [-0.1, -0.05) is 34.5 Å². The van der Waals surface area contributed by atoms with Crippen LogP contribution < -0.4 is 26.9 Å². The molecule has 0 amide bonds. The van der Waals surface area contributed by atoms with E-state index in [0.717, 1.165) is 16.8 Å². The van der Waals surface area contributed by atoms with Gasteiger partial charge in [0, 0.05) is 46.5 Å². The molecule has 0 saturated carbocycles. The van der Waals surface area contributed by atoms with Crippen molar-refractivity contribution in [1.29, 1.82) is 0 Å². The zero-order chi connectivity index (χ0) is 20.1. The molecule has 29 heavy (non-hydrogen) atoms. The molecule has 1 heterocycles. The molecule has 0 aliphatic heterocycles. The lowest BCUT2D eigenvalue weighted by Crippen LogP contribution is -3.00. The topological polar surface area (TPSA) is 40.0 Å². The first-order valence-corrected chi connectivity index (χ1v) is 9.16. The van der Waals surface area contributed by atoms with Crippen molar-refractivity contribution in [3.8, 4) is 0 Å². The van der Waals surface area contributed by atoms with Crippen LogP contribution in [0, 0.1) is 6.92 Å². The SMILES string of the molecule is Cc1c[n+](N=Cc2ccc(N(C)C)cc2)cn1N=Cc1ccc(N(C)C)cc1.[Cl-]. The standard InChI is InChI=1S/C22H27N6.ClH/c1-18-16-27(23-14-19-6-10-21(11-7-19)25(2)3)17-28(18)24-15-20-8-12-22(13-9-20)26(4)5;/h6-17H,1-5H3;1H/q+1;/p-1. The number of hydrogen-bond donors (Lipinski definition) is 0. The third kappa shape index (κ3) is 5.93. The Morgan fingerprint density at radius 1 is 0.793 bits per heavy atom. The predicted molar refractivity (Wildman–Crippen MR) is 117 cm³/mol. The van der Waals surface area contributed by atoms with Crippen molar-refractivity contribution in [3.05, 3.63) is 77.9 Å². The zero-order valence-corrected chi connectivity index (χ0v) is 18.2. The molecule has 0 atom stereocenters. The third-order valence-corrected chi connectivity index (χ3v) is 4.40. The van der Waals surface area contributed by atoms with Gasteiger partial charge in [-0.25, -0.2) is 0 Å². The van der Waals surface area contributed by atoms with Crippen molar-refractivity contribution in [3.63, 3.8) is 0 Å². The molecule has 0 bridgehead atoms. The summed E-state index contributed by atoms with van der Waals surface area (Å²) in [5.74, 6) is 0. The number of aryl methyl sites for hydroxylation is 1.